The molecular weight excluding hydrogens is 466 g/mol. The van der Waals surface area contributed by atoms with Crippen LogP contribution in [0.1, 0.15) is 63.6 Å². The molecular formula is C27H41N9O. The van der Waals surface area contributed by atoms with Gasteiger partial charge in [0.25, 0.3) is 0 Å². The van der Waals surface area contributed by atoms with Gasteiger partial charge in [-0.25, -0.2) is 4.98 Å². The summed E-state index contributed by atoms with van der Waals surface area (Å²) < 4.78 is 2.23. The fraction of sp³-hybridized carbons (Fsp3) is 0.630. The van der Waals surface area contributed by atoms with Crippen LogP contribution in [0.5, 0.6) is 0 Å². The molecule has 1 aliphatic heterocycles. The summed E-state index contributed by atoms with van der Waals surface area (Å²) >= 11 is 0. The van der Waals surface area contributed by atoms with E-state index < -0.39 is 0 Å². The van der Waals surface area contributed by atoms with Crippen LogP contribution in [0.25, 0.3) is 11.2 Å². The minimum Gasteiger partial charge on any atom is -0.396 e. The van der Waals surface area contributed by atoms with Crippen molar-refractivity contribution in [3.8, 4) is 0 Å². The Kier molecular flexibility index (Phi) is 8.80. The fourth-order valence-corrected chi connectivity index (χ4v) is 5.37. The second-order valence-electron chi connectivity index (χ2n) is 10.2. The normalized spacial score (nSPS) is 17.6. The predicted molar refractivity (Wildman–Crippen MR) is 147 cm³/mol. The van der Waals surface area contributed by atoms with E-state index in [0.29, 0.717) is 17.8 Å². The molecule has 0 aromatic carbocycles. The minimum absolute atomic E-state index is 0.236. The van der Waals surface area contributed by atoms with Gasteiger partial charge in [0.2, 0.25) is 5.95 Å². The molecule has 1 saturated carbocycles. The number of rotatable bonds is 12. The quantitative estimate of drug-likeness (QED) is 0.316. The Morgan fingerprint density at radius 2 is 1.78 bits per heavy atom. The number of nitrogens with zero attached hydrogens (tertiary/aromatic N) is 7. The number of pyridine rings is 1. The maximum Gasteiger partial charge on any atom is 0.226 e. The molecule has 0 atom stereocenters. The SMILES string of the molecule is CCN1CCN(Cc2ccc(Nc3nc(NCCCCCO)nc4c3ncn4C3CCCC3)cn2)CC1. The zero-order valence-electron chi connectivity index (χ0n) is 22.1. The van der Waals surface area contributed by atoms with Crippen molar-refractivity contribution < 1.29 is 5.11 Å². The molecule has 2 fully saturated rings. The molecule has 1 aliphatic carbocycles. The third-order valence-electron chi connectivity index (χ3n) is 7.64. The standard InChI is InChI=1S/C27H41N9O/c1-2-34-13-15-35(16-14-34)19-22-11-10-21(18-29-22)31-25-24-26(36(20-30-24)23-8-4-5-9-23)33-27(32-25)28-12-6-3-7-17-37/h10-11,18,20,23,37H,2-9,12-17,19H2,1H3,(H2,28,31,32,33). The van der Waals surface area contributed by atoms with E-state index in [2.05, 4.69) is 44.1 Å². The number of anilines is 3. The highest BCUT2D eigenvalue weighted by Gasteiger charge is 2.22. The van der Waals surface area contributed by atoms with Crippen molar-refractivity contribution in [2.75, 3.05) is 56.5 Å². The van der Waals surface area contributed by atoms with Crippen LogP contribution in [-0.4, -0.2) is 85.3 Å². The van der Waals surface area contributed by atoms with Crippen LogP contribution in [0.2, 0.25) is 0 Å². The van der Waals surface area contributed by atoms with Crippen molar-refractivity contribution in [3.05, 3.63) is 30.4 Å². The molecule has 0 amide bonds. The molecule has 10 heteroatoms. The highest BCUT2D eigenvalue weighted by atomic mass is 16.2. The van der Waals surface area contributed by atoms with Crippen LogP contribution < -0.4 is 10.6 Å². The molecule has 37 heavy (non-hydrogen) atoms. The van der Waals surface area contributed by atoms with E-state index in [9.17, 15) is 0 Å². The predicted octanol–water partition coefficient (Wildman–Crippen LogP) is 3.79. The summed E-state index contributed by atoms with van der Waals surface area (Å²) in [6.07, 6.45) is 11.4. The number of aromatic nitrogens is 5. The smallest absolute Gasteiger partial charge is 0.226 e. The Morgan fingerprint density at radius 1 is 0.973 bits per heavy atom. The number of aliphatic hydroxyl groups excluding tert-OH is 1. The molecule has 0 unspecified atom stereocenters. The van der Waals surface area contributed by atoms with Crippen LogP contribution in [0, 0.1) is 0 Å². The summed E-state index contributed by atoms with van der Waals surface area (Å²) in [5, 5.41) is 15.9. The maximum absolute atomic E-state index is 9.03. The summed E-state index contributed by atoms with van der Waals surface area (Å²) in [5.74, 6) is 1.30. The van der Waals surface area contributed by atoms with Crippen molar-refractivity contribution >= 4 is 28.6 Å². The molecule has 0 bridgehead atoms. The van der Waals surface area contributed by atoms with Gasteiger partial charge in [0, 0.05) is 51.9 Å². The van der Waals surface area contributed by atoms with Crippen LogP contribution in [-0.2, 0) is 6.54 Å². The van der Waals surface area contributed by atoms with E-state index >= 15 is 0 Å². The van der Waals surface area contributed by atoms with Crippen LogP contribution in [0.3, 0.4) is 0 Å². The molecule has 5 rings (SSSR count). The zero-order valence-corrected chi connectivity index (χ0v) is 22.1. The number of aliphatic hydroxyl groups is 1. The molecule has 200 valence electrons. The van der Waals surface area contributed by atoms with Gasteiger partial charge in [0.1, 0.15) is 0 Å². The van der Waals surface area contributed by atoms with Gasteiger partial charge in [-0.05, 0) is 50.8 Å². The van der Waals surface area contributed by atoms with Crippen molar-refractivity contribution in [3.63, 3.8) is 0 Å². The average molecular weight is 508 g/mol. The summed E-state index contributed by atoms with van der Waals surface area (Å²) in [6, 6.07) is 4.63. The second-order valence-corrected chi connectivity index (χ2v) is 10.2. The van der Waals surface area contributed by atoms with Crippen molar-refractivity contribution in [1.82, 2.24) is 34.3 Å². The lowest BCUT2D eigenvalue weighted by atomic mass is 10.2. The Balaban J connectivity index is 1.30. The number of hydrogen-bond acceptors (Lipinski definition) is 9. The molecule has 1 saturated heterocycles. The minimum atomic E-state index is 0.236. The number of nitrogens with one attached hydrogen (secondary N) is 2. The highest BCUT2D eigenvalue weighted by molar-refractivity contribution is 5.86. The molecule has 4 heterocycles. The van der Waals surface area contributed by atoms with E-state index in [0.717, 1.165) is 87.6 Å². The van der Waals surface area contributed by atoms with Gasteiger partial charge in [-0.1, -0.05) is 19.8 Å². The van der Waals surface area contributed by atoms with E-state index in [4.69, 9.17) is 25.0 Å². The molecule has 0 spiro atoms. The first kappa shape index (κ1) is 25.8. The molecule has 3 aromatic heterocycles. The van der Waals surface area contributed by atoms with Crippen LogP contribution in [0.4, 0.5) is 17.5 Å². The first-order valence-electron chi connectivity index (χ1n) is 14.0. The molecule has 2 aliphatic rings. The fourth-order valence-electron chi connectivity index (χ4n) is 5.37. The third kappa shape index (κ3) is 6.55. The largest absolute Gasteiger partial charge is 0.396 e. The summed E-state index contributed by atoms with van der Waals surface area (Å²) in [7, 11) is 0. The molecule has 3 aromatic rings. The Labute approximate surface area is 219 Å². The lowest BCUT2D eigenvalue weighted by Crippen LogP contribution is -2.45. The first-order chi connectivity index (χ1) is 18.2. The molecule has 3 N–H and O–H groups in total. The van der Waals surface area contributed by atoms with Gasteiger partial charge < -0.3 is 25.2 Å². The number of hydrogen-bond donors (Lipinski definition) is 3. The van der Waals surface area contributed by atoms with E-state index in [1.807, 2.05) is 12.5 Å². The van der Waals surface area contributed by atoms with Gasteiger partial charge in [0.15, 0.2) is 17.0 Å². The van der Waals surface area contributed by atoms with Crippen LogP contribution in [0.15, 0.2) is 24.7 Å². The monoisotopic (exact) mass is 507 g/mol. The summed E-state index contributed by atoms with van der Waals surface area (Å²) in [5.41, 5.74) is 3.64. The Morgan fingerprint density at radius 3 is 2.51 bits per heavy atom. The van der Waals surface area contributed by atoms with Gasteiger partial charge in [-0.3, -0.25) is 9.88 Å². The number of fused-ring (bicyclic) bond motifs is 1. The van der Waals surface area contributed by atoms with Gasteiger partial charge >= 0.3 is 0 Å². The third-order valence-corrected chi connectivity index (χ3v) is 7.64. The van der Waals surface area contributed by atoms with Crippen molar-refractivity contribution in [2.24, 2.45) is 0 Å². The van der Waals surface area contributed by atoms with Gasteiger partial charge in [-0.2, -0.15) is 9.97 Å². The topological polar surface area (TPSA) is 107 Å². The molecule has 0 radical (unpaired) electrons. The summed E-state index contributed by atoms with van der Waals surface area (Å²) in [4.78, 5) is 24.1. The number of piperazine rings is 1. The second kappa shape index (κ2) is 12.6. The Bertz CT molecular complexity index is 1120. The average Bonchev–Trinajstić information content (AvgIpc) is 3.60. The van der Waals surface area contributed by atoms with Crippen LogP contribution >= 0.6 is 0 Å². The Hall–Kier alpha value is -2.82. The van der Waals surface area contributed by atoms with Crippen molar-refractivity contribution in [1.29, 1.82) is 0 Å². The van der Waals surface area contributed by atoms with Gasteiger partial charge in [0.05, 0.1) is 23.9 Å². The van der Waals surface area contributed by atoms with Gasteiger partial charge in [-0.15, -0.1) is 0 Å². The maximum atomic E-state index is 9.03. The lowest BCUT2D eigenvalue weighted by molar-refractivity contribution is 0.131. The van der Waals surface area contributed by atoms with Crippen molar-refractivity contribution in [2.45, 2.75) is 64.5 Å². The lowest BCUT2D eigenvalue weighted by Gasteiger charge is -2.33. The summed E-state index contributed by atoms with van der Waals surface area (Å²) in [6.45, 7) is 9.68. The zero-order chi connectivity index (χ0) is 25.5. The van der Waals surface area contributed by atoms with E-state index in [1.165, 1.54) is 25.7 Å². The van der Waals surface area contributed by atoms with E-state index in [-0.39, 0.29) is 6.61 Å². The first-order valence-corrected chi connectivity index (χ1v) is 14.0. The molecule has 10 nitrogen and oxygen atoms in total. The van der Waals surface area contributed by atoms with E-state index in [1.54, 1.807) is 0 Å². The highest BCUT2D eigenvalue weighted by Crippen LogP contribution is 2.33. The number of unbranched alkanes of at least 4 members (excludes halogenated alkanes) is 2. The number of likely N-dealkylation sites (N-methyl/N-ethyl adjacent to an activating group) is 1. The number of imidazole rings is 1.